The minimum absolute atomic E-state index is 0.237. The minimum atomic E-state index is -0.237. The standard InChI is InChI=1S/C16H14BrCl2F/c17-10-12(7-11-1-4-14(18)5-2-11)8-13-3-6-15(19)9-16(13)20/h1-6,9,12H,7-8,10H2. The van der Waals surface area contributed by atoms with E-state index in [2.05, 4.69) is 15.9 Å². The lowest BCUT2D eigenvalue weighted by atomic mass is 9.94. The SMILES string of the molecule is Fc1cc(Cl)ccc1CC(CBr)Cc1ccc(Cl)cc1. The van der Waals surface area contributed by atoms with Crippen molar-refractivity contribution < 1.29 is 4.39 Å². The van der Waals surface area contributed by atoms with E-state index in [0.717, 1.165) is 16.8 Å². The Morgan fingerprint density at radius 1 is 0.950 bits per heavy atom. The van der Waals surface area contributed by atoms with Gasteiger partial charge >= 0.3 is 0 Å². The van der Waals surface area contributed by atoms with Crippen LogP contribution >= 0.6 is 39.1 Å². The first-order valence-electron chi connectivity index (χ1n) is 6.33. The number of rotatable bonds is 5. The third kappa shape index (κ3) is 4.47. The topological polar surface area (TPSA) is 0 Å². The van der Waals surface area contributed by atoms with E-state index in [0.29, 0.717) is 22.9 Å². The van der Waals surface area contributed by atoms with Crippen LogP contribution < -0.4 is 0 Å². The zero-order valence-corrected chi connectivity index (χ0v) is 13.8. The monoisotopic (exact) mass is 374 g/mol. The maximum absolute atomic E-state index is 13.8. The van der Waals surface area contributed by atoms with Crippen LogP contribution in [-0.2, 0) is 12.8 Å². The predicted octanol–water partition coefficient (Wildman–Crippen LogP) is 5.93. The van der Waals surface area contributed by atoms with E-state index in [1.54, 1.807) is 12.1 Å². The van der Waals surface area contributed by atoms with E-state index >= 15 is 0 Å². The summed E-state index contributed by atoms with van der Waals surface area (Å²) in [6.07, 6.45) is 1.56. The normalized spacial score (nSPS) is 12.4. The van der Waals surface area contributed by atoms with Gasteiger partial charge in [-0.05, 0) is 54.2 Å². The molecule has 2 rings (SSSR count). The molecule has 0 saturated heterocycles. The fourth-order valence-electron chi connectivity index (χ4n) is 2.13. The van der Waals surface area contributed by atoms with Crippen molar-refractivity contribution in [1.29, 1.82) is 0 Å². The van der Waals surface area contributed by atoms with Gasteiger partial charge in [0.25, 0.3) is 0 Å². The van der Waals surface area contributed by atoms with Gasteiger partial charge in [-0.3, -0.25) is 0 Å². The number of hydrogen-bond donors (Lipinski definition) is 0. The largest absolute Gasteiger partial charge is 0.207 e. The Bertz CT molecular complexity index is 569. The molecule has 0 aliphatic heterocycles. The van der Waals surface area contributed by atoms with Crippen molar-refractivity contribution in [3.63, 3.8) is 0 Å². The van der Waals surface area contributed by atoms with Gasteiger partial charge in [0.15, 0.2) is 0 Å². The Hall–Kier alpha value is -0.570. The van der Waals surface area contributed by atoms with Gasteiger partial charge in [0.1, 0.15) is 5.82 Å². The molecule has 0 nitrogen and oxygen atoms in total. The van der Waals surface area contributed by atoms with Crippen LogP contribution in [0.3, 0.4) is 0 Å². The molecule has 4 heteroatoms. The molecule has 1 unspecified atom stereocenters. The summed E-state index contributed by atoms with van der Waals surface area (Å²) in [7, 11) is 0. The highest BCUT2D eigenvalue weighted by Gasteiger charge is 2.12. The van der Waals surface area contributed by atoms with Crippen LogP contribution in [0.15, 0.2) is 42.5 Å². The van der Waals surface area contributed by atoms with Crippen LogP contribution in [0, 0.1) is 11.7 Å². The molecule has 106 valence electrons. The molecular weight excluding hydrogens is 362 g/mol. The first-order chi connectivity index (χ1) is 9.58. The number of hydrogen-bond acceptors (Lipinski definition) is 0. The second-order valence-corrected chi connectivity index (χ2v) is 6.31. The van der Waals surface area contributed by atoms with Gasteiger partial charge in [-0.2, -0.15) is 0 Å². The summed E-state index contributed by atoms with van der Waals surface area (Å²) in [5.74, 6) is 0.0893. The highest BCUT2D eigenvalue weighted by atomic mass is 79.9. The van der Waals surface area contributed by atoms with E-state index in [4.69, 9.17) is 23.2 Å². The van der Waals surface area contributed by atoms with Crippen molar-refractivity contribution >= 4 is 39.1 Å². The fourth-order valence-corrected chi connectivity index (χ4v) is 2.88. The summed E-state index contributed by atoms with van der Waals surface area (Å²) in [5.41, 5.74) is 1.90. The average molecular weight is 376 g/mol. The maximum atomic E-state index is 13.8. The van der Waals surface area contributed by atoms with Crippen LogP contribution in [0.1, 0.15) is 11.1 Å². The van der Waals surface area contributed by atoms with Crippen LogP contribution in [0.2, 0.25) is 10.0 Å². The van der Waals surface area contributed by atoms with Gasteiger partial charge in [-0.15, -0.1) is 0 Å². The molecule has 0 N–H and O–H groups in total. The minimum Gasteiger partial charge on any atom is -0.207 e. The lowest BCUT2D eigenvalue weighted by Gasteiger charge is -2.15. The molecule has 20 heavy (non-hydrogen) atoms. The van der Waals surface area contributed by atoms with Crippen LogP contribution in [0.25, 0.3) is 0 Å². The summed E-state index contributed by atoms with van der Waals surface area (Å²) in [6.45, 7) is 0. The lowest BCUT2D eigenvalue weighted by molar-refractivity contribution is 0.550. The molecule has 2 aromatic rings. The Morgan fingerprint density at radius 2 is 1.60 bits per heavy atom. The summed E-state index contributed by atoms with van der Waals surface area (Å²) < 4.78 is 13.8. The molecule has 2 aromatic carbocycles. The summed E-state index contributed by atoms with van der Waals surface area (Å²) >= 11 is 15.2. The Balaban J connectivity index is 2.07. The highest BCUT2D eigenvalue weighted by molar-refractivity contribution is 9.09. The molecule has 0 fully saturated rings. The molecule has 0 saturated carbocycles. The van der Waals surface area contributed by atoms with Crippen molar-refractivity contribution in [3.05, 3.63) is 69.5 Å². The van der Waals surface area contributed by atoms with Crippen molar-refractivity contribution in [2.24, 2.45) is 5.92 Å². The van der Waals surface area contributed by atoms with Gasteiger partial charge in [0.05, 0.1) is 0 Å². The smallest absolute Gasteiger partial charge is 0.127 e. The second-order valence-electron chi connectivity index (χ2n) is 4.79. The number of benzene rings is 2. The van der Waals surface area contributed by atoms with Crippen LogP contribution in [0.5, 0.6) is 0 Å². The highest BCUT2D eigenvalue weighted by Crippen LogP contribution is 2.22. The molecule has 1 atom stereocenters. The molecule has 0 aliphatic carbocycles. The summed E-state index contributed by atoms with van der Waals surface area (Å²) in [6, 6.07) is 12.6. The molecule has 0 amide bonds. The Kier molecular flexibility index (Phi) is 5.88. The molecule has 0 aromatic heterocycles. The van der Waals surface area contributed by atoms with Crippen molar-refractivity contribution in [1.82, 2.24) is 0 Å². The third-order valence-electron chi connectivity index (χ3n) is 3.18. The maximum Gasteiger partial charge on any atom is 0.127 e. The van der Waals surface area contributed by atoms with Crippen LogP contribution in [0.4, 0.5) is 4.39 Å². The first-order valence-corrected chi connectivity index (χ1v) is 8.20. The zero-order valence-electron chi connectivity index (χ0n) is 10.8. The number of halogens is 4. The van der Waals surface area contributed by atoms with Gasteiger partial charge in [0, 0.05) is 15.4 Å². The first kappa shape index (κ1) is 15.8. The van der Waals surface area contributed by atoms with Crippen molar-refractivity contribution in [3.8, 4) is 0 Å². The van der Waals surface area contributed by atoms with Gasteiger partial charge in [-0.25, -0.2) is 4.39 Å². The predicted molar refractivity (Wildman–Crippen MR) is 87.6 cm³/mol. The van der Waals surface area contributed by atoms with E-state index in [1.807, 2.05) is 24.3 Å². The van der Waals surface area contributed by atoms with Crippen LogP contribution in [-0.4, -0.2) is 5.33 Å². The zero-order chi connectivity index (χ0) is 14.5. The summed E-state index contributed by atoms with van der Waals surface area (Å²) in [5, 5.41) is 1.98. The Morgan fingerprint density at radius 3 is 2.20 bits per heavy atom. The van der Waals surface area contributed by atoms with E-state index < -0.39 is 0 Å². The molecule has 0 spiro atoms. The van der Waals surface area contributed by atoms with E-state index in [1.165, 1.54) is 11.6 Å². The molecule has 0 radical (unpaired) electrons. The van der Waals surface area contributed by atoms with Crippen molar-refractivity contribution in [2.45, 2.75) is 12.8 Å². The average Bonchev–Trinajstić information content (AvgIpc) is 2.43. The fraction of sp³-hybridized carbons (Fsp3) is 0.250. The summed E-state index contributed by atoms with van der Waals surface area (Å²) in [4.78, 5) is 0. The van der Waals surface area contributed by atoms with Gasteiger partial charge < -0.3 is 0 Å². The quantitative estimate of drug-likeness (QED) is 0.568. The van der Waals surface area contributed by atoms with E-state index in [-0.39, 0.29) is 5.82 Å². The number of alkyl halides is 1. The second kappa shape index (κ2) is 7.44. The molecular formula is C16H14BrCl2F. The van der Waals surface area contributed by atoms with Gasteiger partial charge in [0.2, 0.25) is 0 Å². The molecule has 0 bridgehead atoms. The van der Waals surface area contributed by atoms with E-state index in [9.17, 15) is 4.39 Å². The molecule has 0 heterocycles. The third-order valence-corrected chi connectivity index (χ3v) is 4.58. The lowest BCUT2D eigenvalue weighted by Crippen LogP contribution is -2.11. The van der Waals surface area contributed by atoms with Crippen molar-refractivity contribution in [2.75, 3.05) is 5.33 Å². The Labute approximate surface area is 137 Å². The van der Waals surface area contributed by atoms with Gasteiger partial charge in [-0.1, -0.05) is 57.3 Å². The molecule has 0 aliphatic rings.